The Morgan fingerprint density at radius 3 is 3.00 bits per heavy atom. The highest BCUT2D eigenvalue weighted by molar-refractivity contribution is 5.97. The zero-order valence-corrected chi connectivity index (χ0v) is 5.52. The molecule has 0 spiro atoms. The van der Waals surface area contributed by atoms with Crippen LogP contribution < -0.4 is 0 Å². The molecule has 1 amide bonds. The van der Waals surface area contributed by atoms with E-state index in [-0.39, 0.29) is 5.56 Å². The SMILES string of the molecule is O=C=NC(=O)c1cccnc1. The molecule has 0 N–H and O–H groups in total. The third-order valence-electron chi connectivity index (χ3n) is 1.06. The molecule has 0 aromatic carbocycles. The molecule has 1 aromatic heterocycles. The molecule has 0 aliphatic carbocycles. The molecule has 1 aromatic rings. The first kappa shape index (κ1) is 7.31. The molecule has 11 heavy (non-hydrogen) atoms. The lowest BCUT2D eigenvalue weighted by molar-refractivity contribution is 0.100. The van der Waals surface area contributed by atoms with Gasteiger partial charge >= 0.3 is 0 Å². The quantitative estimate of drug-likeness (QED) is 0.431. The lowest BCUT2D eigenvalue weighted by Crippen LogP contribution is -1.93. The number of rotatable bonds is 1. The van der Waals surface area contributed by atoms with Gasteiger partial charge in [-0.25, -0.2) is 4.79 Å². The van der Waals surface area contributed by atoms with Crippen LogP contribution in [0, 0.1) is 0 Å². The number of amides is 1. The fraction of sp³-hybridized carbons (Fsp3) is 0. The second-order valence-electron chi connectivity index (χ2n) is 1.75. The highest BCUT2D eigenvalue weighted by atomic mass is 16.2. The highest BCUT2D eigenvalue weighted by Gasteiger charge is 2.00. The minimum absolute atomic E-state index is 0.288. The largest absolute Gasteiger partial charge is 0.289 e. The van der Waals surface area contributed by atoms with Crippen LogP contribution in [0.1, 0.15) is 10.4 Å². The molecule has 0 bridgehead atoms. The minimum Gasteiger partial charge on any atom is -0.266 e. The van der Waals surface area contributed by atoms with Crippen molar-refractivity contribution in [3.05, 3.63) is 30.1 Å². The van der Waals surface area contributed by atoms with Crippen LogP contribution in [0.25, 0.3) is 0 Å². The maximum Gasteiger partial charge on any atom is 0.289 e. The molecular weight excluding hydrogens is 144 g/mol. The first-order valence-corrected chi connectivity index (χ1v) is 2.87. The van der Waals surface area contributed by atoms with Crippen molar-refractivity contribution in [3.8, 4) is 0 Å². The van der Waals surface area contributed by atoms with Gasteiger partial charge in [-0.3, -0.25) is 9.78 Å². The molecule has 4 nitrogen and oxygen atoms in total. The molecule has 0 saturated carbocycles. The number of carbonyl (C=O) groups is 1. The monoisotopic (exact) mass is 148 g/mol. The molecule has 0 saturated heterocycles. The van der Waals surface area contributed by atoms with Crippen molar-refractivity contribution in [2.45, 2.75) is 0 Å². The molecule has 1 heterocycles. The van der Waals surface area contributed by atoms with Crippen LogP contribution in [0.3, 0.4) is 0 Å². The normalized spacial score (nSPS) is 8.36. The van der Waals surface area contributed by atoms with E-state index in [1.807, 2.05) is 0 Å². The van der Waals surface area contributed by atoms with Crippen molar-refractivity contribution < 1.29 is 9.59 Å². The zero-order chi connectivity index (χ0) is 8.10. The first-order valence-electron chi connectivity index (χ1n) is 2.87. The van der Waals surface area contributed by atoms with Crippen LogP contribution in [0.4, 0.5) is 0 Å². The van der Waals surface area contributed by atoms with Crippen molar-refractivity contribution in [2.24, 2.45) is 4.99 Å². The number of nitrogens with zero attached hydrogens (tertiary/aromatic N) is 2. The van der Waals surface area contributed by atoms with Gasteiger partial charge in [0, 0.05) is 12.4 Å². The third kappa shape index (κ3) is 1.81. The number of hydrogen-bond acceptors (Lipinski definition) is 3. The topological polar surface area (TPSA) is 59.4 Å². The second-order valence-corrected chi connectivity index (χ2v) is 1.75. The summed E-state index contributed by atoms with van der Waals surface area (Å²) in [6, 6.07) is 3.11. The molecule has 4 heteroatoms. The van der Waals surface area contributed by atoms with Crippen molar-refractivity contribution in [2.75, 3.05) is 0 Å². The van der Waals surface area contributed by atoms with Crippen LogP contribution in [0.5, 0.6) is 0 Å². The molecule has 0 aliphatic rings. The molecular formula is C7H4N2O2. The fourth-order valence-electron chi connectivity index (χ4n) is 0.595. The summed E-state index contributed by atoms with van der Waals surface area (Å²) in [6.07, 6.45) is 4.03. The van der Waals surface area contributed by atoms with Crippen molar-refractivity contribution in [1.29, 1.82) is 0 Å². The number of carbonyl (C=O) groups excluding carboxylic acids is 2. The Labute approximate surface area is 62.6 Å². The fourth-order valence-corrected chi connectivity index (χ4v) is 0.595. The lowest BCUT2D eigenvalue weighted by atomic mass is 10.3. The van der Waals surface area contributed by atoms with Crippen LogP contribution in [-0.2, 0) is 4.79 Å². The predicted molar refractivity (Wildman–Crippen MR) is 36.7 cm³/mol. The lowest BCUT2D eigenvalue weighted by Gasteiger charge is -1.88. The van der Waals surface area contributed by atoms with Gasteiger partial charge in [-0.15, -0.1) is 4.99 Å². The minimum atomic E-state index is -0.618. The van der Waals surface area contributed by atoms with Crippen molar-refractivity contribution in [1.82, 2.24) is 4.98 Å². The van der Waals surface area contributed by atoms with Gasteiger partial charge in [0.15, 0.2) is 0 Å². The first-order chi connectivity index (χ1) is 5.34. The maximum absolute atomic E-state index is 10.8. The molecule has 1 rings (SSSR count). The number of isocyanates is 1. The molecule has 0 aliphatic heterocycles. The summed E-state index contributed by atoms with van der Waals surface area (Å²) in [5.41, 5.74) is 0.288. The summed E-state index contributed by atoms with van der Waals surface area (Å²) in [5.74, 6) is -0.618. The maximum atomic E-state index is 10.8. The summed E-state index contributed by atoms with van der Waals surface area (Å²) in [4.78, 5) is 27.0. The van der Waals surface area contributed by atoms with Gasteiger partial charge in [-0.1, -0.05) is 0 Å². The molecule has 54 valence electrons. The van der Waals surface area contributed by atoms with E-state index in [0.717, 1.165) is 6.08 Å². The van der Waals surface area contributed by atoms with E-state index in [0.29, 0.717) is 0 Å². The van der Waals surface area contributed by atoms with Gasteiger partial charge in [-0.2, -0.15) is 0 Å². The number of pyridine rings is 1. The highest BCUT2D eigenvalue weighted by Crippen LogP contribution is 1.96. The van der Waals surface area contributed by atoms with Crippen molar-refractivity contribution in [3.63, 3.8) is 0 Å². The van der Waals surface area contributed by atoms with Crippen LogP contribution >= 0.6 is 0 Å². The summed E-state index contributed by atoms with van der Waals surface area (Å²) in [7, 11) is 0. The second kappa shape index (κ2) is 3.39. The Kier molecular flexibility index (Phi) is 2.25. The van der Waals surface area contributed by atoms with Gasteiger partial charge in [0.25, 0.3) is 5.91 Å². The van der Waals surface area contributed by atoms with E-state index in [1.54, 1.807) is 6.07 Å². The Hall–Kier alpha value is -1.80. The number of aliphatic imine (C=N–C) groups is 1. The number of aromatic nitrogens is 1. The van der Waals surface area contributed by atoms with E-state index in [1.165, 1.54) is 18.5 Å². The smallest absolute Gasteiger partial charge is 0.266 e. The summed E-state index contributed by atoms with van der Waals surface area (Å²) < 4.78 is 0. The average Bonchev–Trinajstić information content (AvgIpc) is 2.07. The van der Waals surface area contributed by atoms with E-state index < -0.39 is 5.91 Å². The third-order valence-corrected chi connectivity index (χ3v) is 1.06. The Balaban J connectivity index is 2.94. The van der Waals surface area contributed by atoms with Crippen LogP contribution in [-0.4, -0.2) is 17.0 Å². The molecule has 0 fully saturated rings. The van der Waals surface area contributed by atoms with Gasteiger partial charge in [0.1, 0.15) is 0 Å². The standard InChI is InChI=1S/C7H4N2O2/c10-5-9-7(11)6-2-1-3-8-4-6/h1-4H. The predicted octanol–water partition coefficient (Wildman–Crippen LogP) is 0.558. The zero-order valence-electron chi connectivity index (χ0n) is 5.52. The van der Waals surface area contributed by atoms with E-state index in [9.17, 15) is 9.59 Å². The average molecular weight is 148 g/mol. The molecule has 0 radical (unpaired) electrons. The molecule has 0 unspecified atom stereocenters. The summed E-state index contributed by atoms with van der Waals surface area (Å²) >= 11 is 0. The van der Waals surface area contributed by atoms with E-state index in [4.69, 9.17) is 0 Å². The van der Waals surface area contributed by atoms with Crippen LogP contribution in [0.15, 0.2) is 29.5 Å². The Bertz CT molecular complexity index is 301. The van der Waals surface area contributed by atoms with Crippen LogP contribution in [0.2, 0.25) is 0 Å². The van der Waals surface area contributed by atoms with E-state index >= 15 is 0 Å². The molecule has 0 atom stereocenters. The summed E-state index contributed by atoms with van der Waals surface area (Å²) in [6.45, 7) is 0. The van der Waals surface area contributed by atoms with Gasteiger partial charge < -0.3 is 0 Å². The Morgan fingerprint density at radius 2 is 2.45 bits per heavy atom. The number of hydrogen-bond donors (Lipinski definition) is 0. The van der Waals surface area contributed by atoms with Gasteiger partial charge in [-0.05, 0) is 12.1 Å². The summed E-state index contributed by atoms with van der Waals surface area (Å²) in [5, 5.41) is 0. The van der Waals surface area contributed by atoms with E-state index in [2.05, 4.69) is 9.98 Å². The van der Waals surface area contributed by atoms with Crippen molar-refractivity contribution >= 4 is 12.0 Å². The van der Waals surface area contributed by atoms with Gasteiger partial charge in [0.05, 0.1) is 5.56 Å². The van der Waals surface area contributed by atoms with Gasteiger partial charge in [0.2, 0.25) is 6.08 Å². The Morgan fingerprint density at radius 1 is 1.64 bits per heavy atom.